The van der Waals surface area contributed by atoms with E-state index in [1.54, 1.807) is 31.2 Å². The van der Waals surface area contributed by atoms with E-state index in [0.29, 0.717) is 28.1 Å². The molecule has 0 spiro atoms. The SMILES string of the molecule is COC(=O)C1=C(C)NC2=C(C(=O)c3ccccc32)[C@H]1c1cccc([N+](=O)[O-])c1. The maximum absolute atomic E-state index is 13.2. The van der Waals surface area contributed by atoms with Crippen molar-refractivity contribution in [3.8, 4) is 0 Å². The number of nitrogens with zero attached hydrogens (tertiary/aromatic N) is 1. The summed E-state index contributed by atoms with van der Waals surface area (Å²) >= 11 is 0. The van der Waals surface area contributed by atoms with E-state index < -0.39 is 16.8 Å². The molecule has 0 saturated heterocycles. The summed E-state index contributed by atoms with van der Waals surface area (Å²) < 4.78 is 4.95. The van der Waals surface area contributed by atoms with E-state index in [4.69, 9.17) is 4.74 Å². The number of ketones is 1. The number of hydrogen-bond acceptors (Lipinski definition) is 6. The maximum Gasteiger partial charge on any atom is 0.336 e. The molecule has 0 saturated carbocycles. The monoisotopic (exact) mass is 376 g/mol. The zero-order chi connectivity index (χ0) is 20.0. The third-order valence-corrected chi connectivity index (χ3v) is 5.07. The first kappa shape index (κ1) is 17.7. The number of Topliss-reactive ketones (excluding diaryl/α,β-unsaturated/α-hetero) is 1. The number of carbonyl (C=O) groups is 2. The van der Waals surface area contributed by atoms with Crippen LogP contribution < -0.4 is 5.32 Å². The number of hydrogen-bond donors (Lipinski definition) is 1. The van der Waals surface area contributed by atoms with Crippen molar-refractivity contribution >= 4 is 23.1 Å². The highest BCUT2D eigenvalue weighted by Crippen LogP contribution is 2.47. The number of nitro benzene ring substituents is 1. The van der Waals surface area contributed by atoms with Crippen LogP contribution in [0.5, 0.6) is 0 Å². The molecule has 7 heteroatoms. The highest BCUT2D eigenvalue weighted by atomic mass is 16.6. The van der Waals surface area contributed by atoms with Gasteiger partial charge in [0.15, 0.2) is 5.78 Å². The van der Waals surface area contributed by atoms with Crippen LogP contribution in [0, 0.1) is 10.1 Å². The quantitative estimate of drug-likeness (QED) is 0.501. The van der Waals surface area contributed by atoms with Crippen LogP contribution in [0.25, 0.3) is 5.70 Å². The van der Waals surface area contributed by atoms with Gasteiger partial charge in [-0.2, -0.15) is 0 Å². The van der Waals surface area contributed by atoms with Crippen LogP contribution in [0.1, 0.15) is 34.3 Å². The predicted octanol–water partition coefficient (Wildman–Crippen LogP) is 3.34. The van der Waals surface area contributed by atoms with Gasteiger partial charge in [0.1, 0.15) is 0 Å². The molecular formula is C21H16N2O5. The fourth-order valence-electron chi connectivity index (χ4n) is 3.86. The number of nitro groups is 1. The molecule has 2 aromatic rings. The summed E-state index contributed by atoms with van der Waals surface area (Å²) in [5.41, 5.74) is 3.51. The summed E-state index contributed by atoms with van der Waals surface area (Å²) in [7, 11) is 1.27. The van der Waals surface area contributed by atoms with Gasteiger partial charge in [0, 0.05) is 40.4 Å². The van der Waals surface area contributed by atoms with Gasteiger partial charge >= 0.3 is 5.97 Å². The van der Waals surface area contributed by atoms with Gasteiger partial charge in [-0.1, -0.05) is 36.4 Å². The van der Waals surface area contributed by atoms with Crippen molar-refractivity contribution in [3.63, 3.8) is 0 Å². The molecule has 1 heterocycles. The largest absolute Gasteiger partial charge is 0.466 e. The topological polar surface area (TPSA) is 98.5 Å². The van der Waals surface area contributed by atoms with Gasteiger partial charge in [-0.15, -0.1) is 0 Å². The molecule has 0 radical (unpaired) electrons. The average Bonchev–Trinajstić information content (AvgIpc) is 2.98. The minimum Gasteiger partial charge on any atom is -0.466 e. The highest BCUT2D eigenvalue weighted by Gasteiger charge is 2.43. The second kappa shape index (κ2) is 6.45. The Morgan fingerprint density at radius 2 is 1.86 bits per heavy atom. The Labute approximate surface area is 160 Å². The normalized spacial score (nSPS) is 17.8. The van der Waals surface area contributed by atoms with E-state index in [0.717, 1.165) is 5.56 Å². The van der Waals surface area contributed by atoms with Crippen molar-refractivity contribution < 1.29 is 19.2 Å². The summed E-state index contributed by atoms with van der Waals surface area (Å²) in [6.07, 6.45) is 0. The Kier molecular flexibility index (Phi) is 4.07. The number of benzene rings is 2. The third kappa shape index (κ3) is 2.51. The van der Waals surface area contributed by atoms with Crippen molar-refractivity contribution in [2.75, 3.05) is 7.11 Å². The lowest BCUT2D eigenvalue weighted by molar-refractivity contribution is -0.384. The van der Waals surface area contributed by atoms with Crippen molar-refractivity contribution in [1.82, 2.24) is 5.32 Å². The Morgan fingerprint density at radius 3 is 2.54 bits per heavy atom. The van der Waals surface area contributed by atoms with Crippen LogP contribution in [0.4, 0.5) is 5.69 Å². The van der Waals surface area contributed by atoms with E-state index in [1.165, 1.54) is 19.2 Å². The van der Waals surface area contributed by atoms with E-state index >= 15 is 0 Å². The van der Waals surface area contributed by atoms with Gasteiger partial charge in [-0.05, 0) is 12.5 Å². The molecule has 1 aliphatic heterocycles. The number of ether oxygens (including phenoxy) is 1. The van der Waals surface area contributed by atoms with Crippen molar-refractivity contribution in [1.29, 1.82) is 0 Å². The summed E-state index contributed by atoms with van der Waals surface area (Å²) in [6, 6.07) is 13.2. The fraction of sp³-hybridized carbons (Fsp3) is 0.143. The van der Waals surface area contributed by atoms with E-state index in [9.17, 15) is 19.7 Å². The number of allylic oxidation sites excluding steroid dienone is 2. The standard InChI is InChI=1S/C21H16N2O5/c1-11-16(21(25)28-2)17(12-6-5-7-13(10-12)23(26)27)18-19(22-11)14-8-3-4-9-15(14)20(18)24/h3-10,17,22H,1-2H3/t17-/m0/s1. The van der Waals surface area contributed by atoms with Gasteiger partial charge in [-0.25, -0.2) is 4.79 Å². The first-order chi connectivity index (χ1) is 13.4. The first-order valence-electron chi connectivity index (χ1n) is 8.62. The number of carbonyl (C=O) groups excluding carboxylic acids is 2. The van der Waals surface area contributed by atoms with Crippen LogP contribution in [0.2, 0.25) is 0 Å². The van der Waals surface area contributed by atoms with E-state index in [1.807, 2.05) is 12.1 Å². The van der Waals surface area contributed by atoms with Crippen molar-refractivity contribution in [2.24, 2.45) is 0 Å². The summed E-state index contributed by atoms with van der Waals surface area (Å²) in [5, 5.41) is 14.4. The van der Waals surface area contributed by atoms with E-state index in [-0.39, 0.29) is 17.0 Å². The van der Waals surface area contributed by atoms with Gasteiger partial charge in [-0.3, -0.25) is 14.9 Å². The summed E-state index contributed by atoms with van der Waals surface area (Å²) in [5.74, 6) is -1.55. The van der Waals surface area contributed by atoms with Crippen molar-refractivity contribution in [2.45, 2.75) is 12.8 Å². The minimum atomic E-state index is -0.761. The van der Waals surface area contributed by atoms with Crippen LogP contribution in [0.3, 0.4) is 0 Å². The minimum absolute atomic E-state index is 0.108. The molecule has 2 aromatic carbocycles. The smallest absolute Gasteiger partial charge is 0.336 e. The number of methoxy groups -OCH3 is 1. The number of non-ortho nitro benzene ring substituents is 1. The number of rotatable bonds is 3. The molecule has 0 amide bonds. The fourth-order valence-corrected chi connectivity index (χ4v) is 3.86. The molecule has 1 aliphatic carbocycles. The molecule has 0 aromatic heterocycles. The molecular weight excluding hydrogens is 360 g/mol. The molecule has 7 nitrogen and oxygen atoms in total. The van der Waals surface area contributed by atoms with Gasteiger partial charge in [0.25, 0.3) is 5.69 Å². The summed E-state index contributed by atoms with van der Waals surface area (Å²) in [6.45, 7) is 1.73. The Hall–Kier alpha value is -3.74. The van der Waals surface area contributed by atoms with E-state index in [2.05, 4.69) is 5.32 Å². The first-order valence-corrected chi connectivity index (χ1v) is 8.62. The Morgan fingerprint density at radius 1 is 1.14 bits per heavy atom. The zero-order valence-corrected chi connectivity index (χ0v) is 15.2. The van der Waals surface area contributed by atoms with Crippen LogP contribution in [-0.2, 0) is 9.53 Å². The average molecular weight is 376 g/mol. The predicted molar refractivity (Wildman–Crippen MR) is 101 cm³/mol. The lowest BCUT2D eigenvalue weighted by Crippen LogP contribution is -2.29. The zero-order valence-electron chi connectivity index (χ0n) is 15.2. The van der Waals surface area contributed by atoms with Crippen molar-refractivity contribution in [3.05, 3.63) is 92.2 Å². The van der Waals surface area contributed by atoms with Gasteiger partial charge in [0.05, 0.1) is 23.3 Å². The molecule has 4 rings (SSSR count). The Bertz CT molecular complexity index is 1110. The third-order valence-electron chi connectivity index (χ3n) is 5.07. The molecule has 2 aliphatic rings. The molecule has 0 unspecified atom stereocenters. The number of esters is 1. The van der Waals surface area contributed by atoms with Crippen LogP contribution in [0.15, 0.2) is 65.4 Å². The van der Waals surface area contributed by atoms with Gasteiger partial charge in [0.2, 0.25) is 0 Å². The number of dihydropyridines is 1. The number of fused-ring (bicyclic) bond motifs is 2. The summed E-state index contributed by atoms with van der Waals surface area (Å²) in [4.78, 5) is 36.5. The second-order valence-corrected chi connectivity index (χ2v) is 6.60. The van der Waals surface area contributed by atoms with Gasteiger partial charge < -0.3 is 10.1 Å². The molecule has 1 atom stereocenters. The Balaban J connectivity index is 1.97. The lowest BCUT2D eigenvalue weighted by Gasteiger charge is -2.28. The molecule has 0 fully saturated rings. The molecule has 1 N–H and O–H groups in total. The second-order valence-electron chi connectivity index (χ2n) is 6.60. The number of nitrogens with one attached hydrogen (secondary N) is 1. The highest BCUT2D eigenvalue weighted by molar-refractivity contribution is 6.23. The van der Waals surface area contributed by atoms with Crippen LogP contribution in [-0.4, -0.2) is 23.8 Å². The molecule has 140 valence electrons. The molecule has 28 heavy (non-hydrogen) atoms. The molecule has 0 bridgehead atoms. The van der Waals surface area contributed by atoms with Crippen LogP contribution >= 0.6 is 0 Å². The maximum atomic E-state index is 13.2. The lowest BCUT2D eigenvalue weighted by atomic mass is 9.79.